The average Bonchev–Trinajstić information content (AvgIpc) is 3.23. The number of hydrogen-bond donors (Lipinski definition) is 1. The molecule has 0 unspecified atom stereocenters. The van der Waals surface area contributed by atoms with Crippen LogP contribution in [0, 0.1) is 0 Å². The summed E-state index contributed by atoms with van der Waals surface area (Å²) in [4.78, 5) is 40.8. The molecule has 0 atom stereocenters. The smallest absolute Gasteiger partial charge is 0.410 e. The fourth-order valence-corrected chi connectivity index (χ4v) is 3.96. The van der Waals surface area contributed by atoms with Crippen LogP contribution in [0.4, 0.5) is 10.5 Å². The van der Waals surface area contributed by atoms with Gasteiger partial charge in [-0.1, -0.05) is 11.6 Å². The lowest BCUT2D eigenvalue weighted by molar-refractivity contribution is 0.0187. The van der Waals surface area contributed by atoms with Gasteiger partial charge in [0.2, 0.25) is 0 Å². The zero-order chi connectivity index (χ0) is 24.3. The Balaban J connectivity index is 1.68. The Bertz CT molecular complexity index is 1030. The van der Waals surface area contributed by atoms with Crippen LogP contribution in [0.5, 0.6) is 0 Å². The minimum absolute atomic E-state index is 0.0931. The van der Waals surface area contributed by atoms with Gasteiger partial charge in [-0.05, 0) is 63.9 Å². The van der Waals surface area contributed by atoms with Crippen molar-refractivity contribution in [2.75, 3.05) is 32.5 Å². The number of hydrogen-bond acceptors (Lipinski definition) is 4. The average molecular weight is 475 g/mol. The van der Waals surface area contributed by atoms with Crippen molar-refractivity contribution >= 4 is 35.2 Å². The van der Waals surface area contributed by atoms with Crippen LogP contribution >= 0.6 is 11.6 Å². The molecule has 9 heteroatoms. The van der Waals surface area contributed by atoms with E-state index >= 15 is 0 Å². The molecule has 1 aliphatic heterocycles. The van der Waals surface area contributed by atoms with Gasteiger partial charge in [0.05, 0.1) is 10.6 Å². The van der Waals surface area contributed by atoms with Crippen LogP contribution in [0.2, 0.25) is 5.02 Å². The van der Waals surface area contributed by atoms with Crippen LogP contribution in [0.3, 0.4) is 0 Å². The quantitative estimate of drug-likeness (QED) is 0.698. The van der Waals surface area contributed by atoms with Gasteiger partial charge in [-0.2, -0.15) is 0 Å². The van der Waals surface area contributed by atoms with E-state index in [0.717, 1.165) is 12.8 Å². The summed E-state index contributed by atoms with van der Waals surface area (Å²) in [7, 11) is 3.29. The maximum Gasteiger partial charge on any atom is 0.410 e. The number of halogens is 1. The Morgan fingerprint density at radius 1 is 1.12 bits per heavy atom. The summed E-state index contributed by atoms with van der Waals surface area (Å²) >= 11 is 6.17. The summed E-state index contributed by atoms with van der Waals surface area (Å²) in [6, 6.07) is 8.53. The lowest BCUT2D eigenvalue weighted by Crippen LogP contribution is -2.42. The fraction of sp³-hybridized carbons (Fsp3) is 0.458. The number of aromatic nitrogens is 1. The Hall–Kier alpha value is -3.00. The Kier molecular flexibility index (Phi) is 7.37. The third kappa shape index (κ3) is 6.07. The number of carbonyl (C=O) groups excluding carboxylic acids is 3. The van der Waals surface area contributed by atoms with Crippen molar-refractivity contribution in [3.63, 3.8) is 0 Å². The van der Waals surface area contributed by atoms with Crippen molar-refractivity contribution in [3.05, 3.63) is 52.8 Å². The van der Waals surface area contributed by atoms with Gasteiger partial charge in [-0.15, -0.1) is 0 Å². The second-order valence-corrected chi connectivity index (χ2v) is 9.75. The van der Waals surface area contributed by atoms with E-state index in [0.29, 0.717) is 35.1 Å². The highest BCUT2D eigenvalue weighted by Gasteiger charge is 2.29. The van der Waals surface area contributed by atoms with Crippen LogP contribution < -0.4 is 5.32 Å². The molecule has 0 radical (unpaired) electrons. The first kappa shape index (κ1) is 24.6. The number of nitrogens with zero attached hydrogens (tertiary/aromatic N) is 3. The molecule has 178 valence electrons. The monoisotopic (exact) mass is 474 g/mol. The standard InChI is InChI=1S/C24H31ClN4O4/c1-24(2,3)33-23(32)28-13-10-17(11-14-28)29-12-6-7-20(29)21(30)26-16-8-9-19(25)18(15-16)22(31)27(4)5/h6-9,12,15,17H,10-11,13-14H2,1-5H3,(H,26,30). The number of carbonyl (C=O) groups is 3. The number of anilines is 1. The van der Waals surface area contributed by atoms with Crippen molar-refractivity contribution in [2.24, 2.45) is 0 Å². The first-order valence-electron chi connectivity index (χ1n) is 10.9. The summed E-state index contributed by atoms with van der Waals surface area (Å²) in [6.07, 6.45) is 3.01. The number of likely N-dealkylation sites (tertiary alicyclic amines) is 1. The van der Waals surface area contributed by atoms with Crippen molar-refractivity contribution in [2.45, 2.75) is 45.3 Å². The predicted octanol–water partition coefficient (Wildman–Crippen LogP) is 4.67. The van der Waals surface area contributed by atoms with E-state index in [1.54, 1.807) is 43.3 Å². The molecule has 3 amide bonds. The van der Waals surface area contributed by atoms with Gasteiger partial charge in [0.25, 0.3) is 11.8 Å². The zero-order valence-corrected chi connectivity index (χ0v) is 20.5. The molecule has 0 bridgehead atoms. The largest absolute Gasteiger partial charge is 0.444 e. The number of amides is 3. The molecule has 0 spiro atoms. The molecule has 1 saturated heterocycles. The number of ether oxygens (including phenoxy) is 1. The molecular weight excluding hydrogens is 444 g/mol. The molecular formula is C24H31ClN4O4. The minimum atomic E-state index is -0.529. The van der Waals surface area contributed by atoms with Crippen LogP contribution in [0.25, 0.3) is 0 Å². The van der Waals surface area contributed by atoms with Gasteiger partial charge >= 0.3 is 6.09 Å². The molecule has 0 saturated carbocycles. The lowest BCUT2D eigenvalue weighted by atomic mass is 10.0. The summed E-state index contributed by atoms with van der Waals surface area (Å²) in [5.74, 6) is -0.517. The highest BCUT2D eigenvalue weighted by Crippen LogP contribution is 2.27. The van der Waals surface area contributed by atoms with Crippen LogP contribution in [0.1, 0.15) is 60.5 Å². The summed E-state index contributed by atoms with van der Waals surface area (Å²) in [5.41, 5.74) is 0.797. The van der Waals surface area contributed by atoms with E-state index in [1.165, 1.54) is 4.90 Å². The third-order valence-electron chi connectivity index (χ3n) is 5.38. The van der Waals surface area contributed by atoms with Gasteiger partial charge in [-0.3, -0.25) is 9.59 Å². The summed E-state index contributed by atoms with van der Waals surface area (Å²) < 4.78 is 7.41. The second kappa shape index (κ2) is 9.87. The zero-order valence-electron chi connectivity index (χ0n) is 19.7. The fourth-order valence-electron chi connectivity index (χ4n) is 3.76. The molecule has 1 aromatic carbocycles. The first-order chi connectivity index (χ1) is 15.5. The maximum atomic E-state index is 13.0. The summed E-state index contributed by atoms with van der Waals surface area (Å²) in [5, 5.41) is 3.19. The molecule has 2 heterocycles. The maximum absolute atomic E-state index is 13.0. The molecule has 1 aliphatic rings. The minimum Gasteiger partial charge on any atom is -0.444 e. The highest BCUT2D eigenvalue weighted by atomic mass is 35.5. The molecule has 8 nitrogen and oxygen atoms in total. The number of piperidine rings is 1. The van der Waals surface area contributed by atoms with Crippen molar-refractivity contribution in [1.29, 1.82) is 0 Å². The molecule has 1 fully saturated rings. The van der Waals surface area contributed by atoms with Crippen molar-refractivity contribution in [1.82, 2.24) is 14.4 Å². The van der Waals surface area contributed by atoms with E-state index in [1.807, 2.05) is 37.6 Å². The number of rotatable bonds is 4. The summed E-state index contributed by atoms with van der Waals surface area (Å²) in [6.45, 7) is 6.67. The topological polar surface area (TPSA) is 83.9 Å². The van der Waals surface area contributed by atoms with Gasteiger partial charge < -0.3 is 24.4 Å². The van der Waals surface area contributed by atoms with Gasteiger partial charge in [0, 0.05) is 45.1 Å². The molecule has 1 N–H and O–H groups in total. The molecule has 0 aliphatic carbocycles. The van der Waals surface area contributed by atoms with E-state index in [9.17, 15) is 14.4 Å². The molecule has 2 aromatic rings. The molecule has 3 rings (SSSR count). The van der Waals surface area contributed by atoms with Gasteiger partial charge in [0.15, 0.2) is 0 Å². The Morgan fingerprint density at radius 3 is 2.39 bits per heavy atom. The normalized spacial score (nSPS) is 14.7. The second-order valence-electron chi connectivity index (χ2n) is 9.35. The molecule has 33 heavy (non-hydrogen) atoms. The Morgan fingerprint density at radius 2 is 1.79 bits per heavy atom. The lowest BCUT2D eigenvalue weighted by Gasteiger charge is -2.34. The Labute approximate surface area is 199 Å². The molecule has 1 aromatic heterocycles. The van der Waals surface area contributed by atoms with E-state index in [-0.39, 0.29) is 23.9 Å². The predicted molar refractivity (Wildman–Crippen MR) is 128 cm³/mol. The van der Waals surface area contributed by atoms with Crippen molar-refractivity contribution in [3.8, 4) is 0 Å². The van der Waals surface area contributed by atoms with Crippen LogP contribution in [0.15, 0.2) is 36.5 Å². The first-order valence-corrected chi connectivity index (χ1v) is 11.3. The van der Waals surface area contributed by atoms with Crippen molar-refractivity contribution < 1.29 is 19.1 Å². The number of nitrogens with one attached hydrogen (secondary N) is 1. The van der Waals surface area contributed by atoms with E-state index in [4.69, 9.17) is 16.3 Å². The van der Waals surface area contributed by atoms with E-state index in [2.05, 4.69) is 5.32 Å². The SMILES string of the molecule is CN(C)C(=O)c1cc(NC(=O)c2cccn2C2CCN(C(=O)OC(C)(C)C)CC2)ccc1Cl. The van der Waals surface area contributed by atoms with Gasteiger partial charge in [0.1, 0.15) is 11.3 Å². The van der Waals surface area contributed by atoms with E-state index < -0.39 is 5.60 Å². The third-order valence-corrected chi connectivity index (χ3v) is 5.71. The van der Waals surface area contributed by atoms with Crippen LogP contribution in [-0.4, -0.2) is 65.1 Å². The highest BCUT2D eigenvalue weighted by molar-refractivity contribution is 6.34. The van der Waals surface area contributed by atoms with Gasteiger partial charge in [-0.25, -0.2) is 4.79 Å². The van der Waals surface area contributed by atoms with Crippen LogP contribution in [-0.2, 0) is 4.74 Å². The number of benzene rings is 1.